The smallest absolute Gasteiger partial charge is 0.410 e. The molecular weight excluding hydrogens is 515 g/mol. The van der Waals surface area contributed by atoms with E-state index in [0.29, 0.717) is 22.7 Å². The van der Waals surface area contributed by atoms with Gasteiger partial charge in [-0.2, -0.15) is 13.2 Å². The Bertz CT molecular complexity index is 1170. The zero-order valence-corrected chi connectivity index (χ0v) is 23.7. The van der Waals surface area contributed by atoms with Gasteiger partial charge in [-0.05, 0) is 45.6 Å². The van der Waals surface area contributed by atoms with Crippen LogP contribution in [0, 0.1) is 17.3 Å². The Hall–Kier alpha value is -2.14. The summed E-state index contributed by atoms with van der Waals surface area (Å²) < 4.78 is 44.4. The number of halogens is 3. The monoisotopic (exact) mass is 553 g/mol. The molecule has 7 nitrogen and oxygen atoms in total. The van der Waals surface area contributed by atoms with Crippen LogP contribution in [0.2, 0.25) is 0 Å². The highest BCUT2D eigenvalue weighted by atomic mass is 32.1. The van der Waals surface area contributed by atoms with Crippen molar-refractivity contribution in [3.05, 3.63) is 17.3 Å². The van der Waals surface area contributed by atoms with Gasteiger partial charge in [-0.15, -0.1) is 11.3 Å². The third kappa shape index (κ3) is 5.88. The molecule has 5 rings (SSSR count). The first-order valence-corrected chi connectivity index (χ1v) is 14.3. The van der Waals surface area contributed by atoms with Gasteiger partial charge >= 0.3 is 12.3 Å². The molecule has 0 aromatic carbocycles. The molecule has 2 aromatic rings. The van der Waals surface area contributed by atoms with Gasteiger partial charge in [0, 0.05) is 61.5 Å². The van der Waals surface area contributed by atoms with Crippen LogP contribution in [-0.2, 0) is 11.2 Å². The summed E-state index contributed by atoms with van der Waals surface area (Å²) in [6.07, 6.45) is -1.80. The number of fused-ring (bicyclic) bond motifs is 1. The van der Waals surface area contributed by atoms with Crippen LogP contribution in [0.15, 0.2) is 12.4 Å². The van der Waals surface area contributed by atoms with Crippen molar-refractivity contribution < 1.29 is 22.7 Å². The lowest BCUT2D eigenvalue weighted by molar-refractivity contribution is -0.126. The molecule has 0 bridgehead atoms. The molecule has 0 saturated carbocycles. The maximum absolute atomic E-state index is 13.0. The number of hydrogen-bond donors (Lipinski definition) is 0. The van der Waals surface area contributed by atoms with Crippen molar-refractivity contribution >= 4 is 33.5 Å². The zero-order valence-electron chi connectivity index (χ0n) is 22.8. The maximum Gasteiger partial charge on any atom is 0.410 e. The van der Waals surface area contributed by atoms with Crippen LogP contribution in [0.5, 0.6) is 0 Å². The minimum atomic E-state index is -4.24. The number of rotatable bonds is 6. The summed E-state index contributed by atoms with van der Waals surface area (Å²) in [6, 6.07) is 2.05. The van der Waals surface area contributed by atoms with E-state index in [4.69, 9.17) is 4.74 Å². The Morgan fingerprint density at radius 1 is 1.18 bits per heavy atom. The topological polar surface area (TPSA) is 61.8 Å². The molecule has 3 fully saturated rings. The summed E-state index contributed by atoms with van der Waals surface area (Å²) in [4.78, 5) is 28.7. The Morgan fingerprint density at radius 2 is 1.89 bits per heavy atom. The molecule has 2 aromatic heterocycles. The second-order valence-electron chi connectivity index (χ2n) is 12.8. The average molecular weight is 554 g/mol. The number of alkyl halides is 3. The molecule has 3 aliphatic heterocycles. The number of nitrogens with zero attached hydrogens (tertiary/aromatic N) is 5. The van der Waals surface area contributed by atoms with Crippen LogP contribution in [0.3, 0.4) is 0 Å². The number of likely N-dealkylation sites (tertiary alicyclic amines) is 2. The molecule has 5 heterocycles. The number of amides is 1. The predicted molar refractivity (Wildman–Crippen MR) is 143 cm³/mol. The second kappa shape index (κ2) is 9.80. The van der Waals surface area contributed by atoms with Crippen molar-refractivity contribution in [2.45, 2.75) is 71.7 Å². The van der Waals surface area contributed by atoms with E-state index in [9.17, 15) is 18.0 Å². The van der Waals surface area contributed by atoms with Gasteiger partial charge < -0.3 is 14.5 Å². The van der Waals surface area contributed by atoms with Crippen LogP contribution < -0.4 is 4.90 Å². The number of carbonyl (C=O) groups excluding carboxylic acids is 1. The number of hydrogen-bond acceptors (Lipinski definition) is 7. The van der Waals surface area contributed by atoms with E-state index in [1.165, 1.54) is 6.33 Å². The van der Waals surface area contributed by atoms with E-state index in [2.05, 4.69) is 33.6 Å². The Balaban J connectivity index is 1.22. The first kappa shape index (κ1) is 27.4. The van der Waals surface area contributed by atoms with Gasteiger partial charge in [-0.1, -0.05) is 13.8 Å². The standard InChI is InChI=1S/C27H38F3N5O2S/c1-17(2)8-21(18-11-34(12-18)24(36)37-25(3,4)5)35-14-26(15-35)6-7-33(13-26)22-20-9-19(10-27(28,29)30)38-23(20)32-16-31-22/h9,16-18,21H,6-8,10-15H2,1-5H3/t21-/m0/s1. The van der Waals surface area contributed by atoms with Crippen LogP contribution >= 0.6 is 11.3 Å². The molecule has 1 atom stereocenters. The third-order valence-corrected chi connectivity index (χ3v) is 8.88. The molecule has 0 unspecified atom stereocenters. The highest BCUT2D eigenvalue weighted by Crippen LogP contribution is 2.45. The van der Waals surface area contributed by atoms with E-state index in [1.54, 1.807) is 6.07 Å². The summed E-state index contributed by atoms with van der Waals surface area (Å²) in [5.74, 6) is 1.76. The van der Waals surface area contributed by atoms with Gasteiger partial charge in [-0.25, -0.2) is 14.8 Å². The minimum Gasteiger partial charge on any atom is -0.444 e. The Morgan fingerprint density at radius 3 is 2.53 bits per heavy atom. The van der Waals surface area contributed by atoms with Crippen LogP contribution in [0.1, 0.15) is 52.3 Å². The molecule has 1 spiro atoms. The molecule has 3 aliphatic rings. The number of anilines is 1. The molecule has 38 heavy (non-hydrogen) atoms. The van der Waals surface area contributed by atoms with Crippen molar-refractivity contribution in [1.29, 1.82) is 0 Å². The van der Waals surface area contributed by atoms with E-state index in [1.807, 2.05) is 25.7 Å². The SMILES string of the molecule is CC(C)C[C@@H](C1CN(C(=O)OC(C)(C)C)C1)N1CC2(CCN(c3ncnc4sc(CC(F)(F)F)cc34)C2)C1. The fraction of sp³-hybridized carbons (Fsp3) is 0.741. The molecule has 0 aliphatic carbocycles. The molecule has 210 valence electrons. The molecule has 0 radical (unpaired) electrons. The minimum absolute atomic E-state index is 0.173. The molecule has 11 heteroatoms. The van der Waals surface area contributed by atoms with Crippen molar-refractivity contribution in [3.63, 3.8) is 0 Å². The summed E-state index contributed by atoms with van der Waals surface area (Å²) in [6.45, 7) is 15.3. The van der Waals surface area contributed by atoms with Gasteiger partial charge in [-0.3, -0.25) is 4.90 Å². The number of aromatic nitrogens is 2. The highest BCUT2D eigenvalue weighted by Gasteiger charge is 2.52. The van der Waals surface area contributed by atoms with Crippen molar-refractivity contribution in [2.24, 2.45) is 17.3 Å². The lowest BCUT2D eigenvalue weighted by Gasteiger charge is -2.56. The fourth-order valence-electron chi connectivity index (χ4n) is 6.21. The zero-order chi connectivity index (χ0) is 27.5. The van der Waals surface area contributed by atoms with Crippen LogP contribution in [-0.4, -0.2) is 82.9 Å². The van der Waals surface area contributed by atoms with E-state index < -0.39 is 18.2 Å². The fourth-order valence-corrected chi connectivity index (χ4v) is 7.23. The third-order valence-electron chi connectivity index (χ3n) is 7.84. The Kier molecular flexibility index (Phi) is 7.07. The molecule has 3 saturated heterocycles. The summed E-state index contributed by atoms with van der Waals surface area (Å²) in [5.41, 5.74) is -0.318. The quantitative estimate of drug-likeness (QED) is 0.465. The summed E-state index contributed by atoms with van der Waals surface area (Å²) in [5, 5.41) is 0.722. The number of carbonyl (C=O) groups is 1. The molecular formula is C27H38F3N5O2S. The van der Waals surface area contributed by atoms with E-state index in [0.717, 1.165) is 74.7 Å². The molecule has 0 N–H and O–H groups in total. The Labute approximate surface area is 226 Å². The highest BCUT2D eigenvalue weighted by molar-refractivity contribution is 7.18. The number of ether oxygens (including phenoxy) is 1. The second-order valence-corrected chi connectivity index (χ2v) is 14.0. The van der Waals surface area contributed by atoms with E-state index >= 15 is 0 Å². The summed E-state index contributed by atoms with van der Waals surface area (Å²) in [7, 11) is 0. The maximum atomic E-state index is 13.0. The van der Waals surface area contributed by atoms with Crippen molar-refractivity contribution in [2.75, 3.05) is 44.2 Å². The first-order valence-electron chi connectivity index (χ1n) is 13.5. The average Bonchev–Trinajstić information content (AvgIpc) is 3.31. The van der Waals surface area contributed by atoms with Crippen LogP contribution in [0.25, 0.3) is 10.2 Å². The van der Waals surface area contributed by atoms with Crippen molar-refractivity contribution in [1.82, 2.24) is 19.8 Å². The summed E-state index contributed by atoms with van der Waals surface area (Å²) >= 11 is 1.10. The largest absolute Gasteiger partial charge is 0.444 e. The van der Waals surface area contributed by atoms with Gasteiger partial charge in [0.05, 0.1) is 11.8 Å². The van der Waals surface area contributed by atoms with Crippen LogP contribution in [0.4, 0.5) is 23.8 Å². The van der Waals surface area contributed by atoms with E-state index in [-0.39, 0.29) is 16.4 Å². The van der Waals surface area contributed by atoms with Gasteiger partial charge in [0.1, 0.15) is 22.6 Å². The van der Waals surface area contributed by atoms with Crippen molar-refractivity contribution in [3.8, 4) is 0 Å². The van der Waals surface area contributed by atoms with Gasteiger partial charge in [0.15, 0.2) is 0 Å². The normalized spacial score (nSPS) is 21.3. The predicted octanol–water partition coefficient (Wildman–Crippen LogP) is 5.59. The van der Waals surface area contributed by atoms with Gasteiger partial charge in [0.2, 0.25) is 0 Å². The van der Waals surface area contributed by atoms with Gasteiger partial charge in [0.25, 0.3) is 0 Å². The number of thiophene rings is 1. The lowest BCUT2D eigenvalue weighted by Crippen LogP contribution is -2.67. The first-order chi connectivity index (χ1) is 17.7. The molecule has 1 amide bonds. The lowest BCUT2D eigenvalue weighted by atomic mass is 9.74.